The standard InChI is InChI=1S/C13H11NO3/c1-2-9-14-10-7-5-3-4-6-8(7)11(15)12(16)13(10)17-9/h3-6,10,13H,2H2,1H3. The van der Waals surface area contributed by atoms with Crippen LogP contribution in [0.25, 0.3) is 0 Å². The van der Waals surface area contributed by atoms with Crippen LogP contribution in [-0.2, 0) is 9.53 Å². The normalized spacial score (nSPS) is 26.1. The number of ether oxygens (including phenoxy) is 1. The third-order valence-corrected chi connectivity index (χ3v) is 3.14. The zero-order chi connectivity index (χ0) is 12.0. The van der Waals surface area contributed by atoms with Gasteiger partial charge in [-0.1, -0.05) is 31.2 Å². The van der Waals surface area contributed by atoms with Crippen molar-refractivity contribution in [3.63, 3.8) is 0 Å². The summed E-state index contributed by atoms with van der Waals surface area (Å²) >= 11 is 0. The molecule has 1 aromatic carbocycles. The predicted octanol–water partition coefficient (Wildman–Crippen LogP) is 1.70. The van der Waals surface area contributed by atoms with Gasteiger partial charge in [-0.15, -0.1) is 0 Å². The quantitative estimate of drug-likeness (QED) is 0.689. The van der Waals surface area contributed by atoms with Crippen LogP contribution < -0.4 is 0 Å². The molecule has 1 aliphatic heterocycles. The van der Waals surface area contributed by atoms with Gasteiger partial charge in [0.05, 0.1) is 0 Å². The molecule has 4 heteroatoms. The molecule has 1 heterocycles. The van der Waals surface area contributed by atoms with E-state index in [-0.39, 0.29) is 6.04 Å². The predicted molar refractivity (Wildman–Crippen MR) is 61.1 cm³/mol. The number of Topliss-reactive ketones (excluding diaryl/α,β-unsaturated/α-hetero) is 2. The minimum absolute atomic E-state index is 0.341. The molecule has 0 radical (unpaired) electrons. The number of rotatable bonds is 1. The van der Waals surface area contributed by atoms with Crippen LogP contribution in [0.2, 0.25) is 0 Å². The van der Waals surface area contributed by atoms with Gasteiger partial charge in [0, 0.05) is 12.0 Å². The van der Waals surface area contributed by atoms with E-state index in [0.29, 0.717) is 17.9 Å². The third-order valence-electron chi connectivity index (χ3n) is 3.14. The summed E-state index contributed by atoms with van der Waals surface area (Å²) in [5.74, 6) is -0.395. The molecule has 0 amide bonds. The zero-order valence-electron chi connectivity index (χ0n) is 9.34. The number of benzene rings is 1. The first kappa shape index (κ1) is 10.2. The Balaban J connectivity index is 2.15. The molecule has 0 saturated carbocycles. The fourth-order valence-electron chi connectivity index (χ4n) is 2.29. The molecule has 0 fully saturated rings. The number of carbonyl (C=O) groups is 2. The van der Waals surface area contributed by atoms with Gasteiger partial charge in [0.2, 0.25) is 11.6 Å². The first-order valence-electron chi connectivity index (χ1n) is 5.63. The Bertz CT molecular complexity index is 547. The Hall–Kier alpha value is -1.97. The summed E-state index contributed by atoms with van der Waals surface area (Å²) in [5.41, 5.74) is 1.26. The Morgan fingerprint density at radius 1 is 1.29 bits per heavy atom. The van der Waals surface area contributed by atoms with E-state index in [1.54, 1.807) is 12.1 Å². The van der Waals surface area contributed by atoms with Gasteiger partial charge in [-0.2, -0.15) is 0 Å². The van der Waals surface area contributed by atoms with Crippen molar-refractivity contribution in [3.05, 3.63) is 35.4 Å². The Labute approximate surface area is 98.3 Å². The van der Waals surface area contributed by atoms with Gasteiger partial charge >= 0.3 is 0 Å². The van der Waals surface area contributed by atoms with Crippen LogP contribution >= 0.6 is 0 Å². The summed E-state index contributed by atoms with van der Waals surface area (Å²) in [7, 11) is 0. The highest BCUT2D eigenvalue weighted by molar-refractivity contribution is 6.47. The Morgan fingerprint density at radius 3 is 2.82 bits per heavy atom. The van der Waals surface area contributed by atoms with E-state index in [9.17, 15) is 9.59 Å². The van der Waals surface area contributed by atoms with Gasteiger partial charge in [0.25, 0.3) is 0 Å². The van der Waals surface area contributed by atoms with Gasteiger partial charge in [-0.05, 0) is 5.56 Å². The van der Waals surface area contributed by atoms with Crippen LogP contribution in [0.3, 0.4) is 0 Å². The summed E-state index contributed by atoms with van der Waals surface area (Å²) in [6, 6.07) is 6.77. The number of nitrogens with zero attached hydrogens (tertiary/aromatic N) is 1. The highest BCUT2D eigenvalue weighted by atomic mass is 16.5. The first-order valence-corrected chi connectivity index (χ1v) is 5.63. The summed E-state index contributed by atoms with van der Waals surface area (Å²) in [5, 5.41) is 0. The van der Waals surface area contributed by atoms with E-state index in [1.165, 1.54) is 0 Å². The molecule has 0 aromatic heterocycles. The number of carbonyl (C=O) groups excluding carboxylic acids is 2. The lowest BCUT2D eigenvalue weighted by Crippen LogP contribution is -2.38. The molecule has 2 aliphatic rings. The first-order chi connectivity index (χ1) is 8.22. The van der Waals surface area contributed by atoms with Crippen molar-refractivity contribution in [1.82, 2.24) is 0 Å². The number of aliphatic imine (C=N–C) groups is 1. The second-order valence-corrected chi connectivity index (χ2v) is 4.14. The summed E-state index contributed by atoms with van der Waals surface area (Å²) in [6.45, 7) is 1.91. The average molecular weight is 229 g/mol. The van der Waals surface area contributed by atoms with E-state index in [2.05, 4.69) is 4.99 Å². The van der Waals surface area contributed by atoms with Crippen LogP contribution in [-0.4, -0.2) is 23.6 Å². The van der Waals surface area contributed by atoms with Crippen molar-refractivity contribution in [2.24, 2.45) is 4.99 Å². The van der Waals surface area contributed by atoms with Crippen molar-refractivity contribution >= 4 is 17.5 Å². The monoisotopic (exact) mass is 229 g/mol. The maximum absolute atomic E-state index is 11.9. The fourth-order valence-corrected chi connectivity index (χ4v) is 2.29. The van der Waals surface area contributed by atoms with Crippen LogP contribution in [0.1, 0.15) is 35.3 Å². The lowest BCUT2D eigenvalue weighted by molar-refractivity contribution is -0.122. The molecular formula is C13H11NO3. The minimum Gasteiger partial charge on any atom is -0.467 e. The van der Waals surface area contributed by atoms with Crippen LogP contribution in [0, 0.1) is 0 Å². The summed E-state index contributed by atoms with van der Waals surface area (Å²) < 4.78 is 5.43. The van der Waals surface area contributed by atoms with Crippen molar-refractivity contribution in [1.29, 1.82) is 0 Å². The van der Waals surface area contributed by atoms with E-state index in [1.807, 2.05) is 19.1 Å². The second kappa shape index (κ2) is 3.52. The smallest absolute Gasteiger partial charge is 0.246 e. The van der Waals surface area contributed by atoms with E-state index < -0.39 is 17.7 Å². The molecule has 1 aromatic rings. The zero-order valence-corrected chi connectivity index (χ0v) is 9.34. The molecule has 0 N–H and O–H groups in total. The van der Waals surface area contributed by atoms with Crippen molar-refractivity contribution < 1.29 is 14.3 Å². The minimum atomic E-state index is -0.743. The molecule has 0 bridgehead atoms. The highest BCUT2D eigenvalue weighted by Crippen LogP contribution is 2.36. The van der Waals surface area contributed by atoms with Crippen LogP contribution in [0.15, 0.2) is 29.3 Å². The maximum atomic E-state index is 11.9. The molecular weight excluding hydrogens is 218 g/mol. The number of hydrogen-bond acceptors (Lipinski definition) is 4. The largest absolute Gasteiger partial charge is 0.467 e. The molecule has 0 saturated heterocycles. The Morgan fingerprint density at radius 2 is 2.06 bits per heavy atom. The number of fused-ring (bicyclic) bond motifs is 3. The van der Waals surface area contributed by atoms with E-state index in [0.717, 1.165) is 5.56 Å². The molecule has 4 nitrogen and oxygen atoms in total. The van der Waals surface area contributed by atoms with Gasteiger partial charge < -0.3 is 4.74 Å². The third kappa shape index (κ3) is 1.33. The molecule has 1 aliphatic carbocycles. The van der Waals surface area contributed by atoms with Crippen LogP contribution in [0.5, 0.6) is 0 Å². The lowest BCUT2D eigenvalue weighted by atomic mass is 9.84. The molecule has 17 heavy (non-hydrogen) atoms. The maximum Gasteiger partial charge on any atom is 0.246 e. The number of ketones is 2. The lowest BCUT2D eigenvalue weighted by Gasteiger charge is -2.23. The van der Waals surface area contributed by atoms with E-state index >= 15 is 0 Å². The topological polar surface area (TPSA) is 55.7 Å². The fraction of sp³-hybridized carbons (Fsp3) is 0.308. The van der Waals surface area contributed by atoms with Gasteiger partial charge in [-0.25, -0.2) is 4.99 Å². The van der Waals surface area contributed by atoms with Crippen molar-refractivity contribution in [2.45, 2.75) is 25.5 Å². The van der Waals surface area contributed by atoms with Crippen LogP contribution in [0.4, 0.5) is 0 Å². The van der Waals surface area contributed by atoms with Crippen molar-refractivity contribution in [2.75, 3.05) is 0 Å². The second-order valence-electron chi connectivity index (χ2n) is 4.14. The molecule has 2 atom stereocenters. The Kier molecular flexibility index (Phi) is 2.11. The van der Waals surface area contributed by atoms with Gasteiger partial charge in [0.15, 0.2) is 12.0 Å². The molecule has 86 valence electrons. The van der Waals surface area contributed by atoms with Gasteiger partial charge in [0.1, 0.15) is 6.04 Å². The van der Waals surface area contributed by atoms with Gasteiger partial charge in [-0.3, -0.25) is 9.59 Å². The number of hydrogen-bond donors (Lipinski definition) is 0. The summed E-state index contributed by atoms with van der Waals surface area (Å²) in [4.78, 5) is 28.1. The molecule has 3 rings (SSSR count). The molecule has 0 spiro atoms. The SMILES string of the molecule is CCC1=NC2c3ccccc3C(=O)C(=O)C2O1. The van der Waals surface area contributed by atoms with Crippen molar-refractivity contribution in [3.8, 4) is 0 Å². The highest BCUT2D eigenvalue weighted by Gasteiger charge is 2.46. The average Bonchev–Trinajstić information content (AvgIpc) is 2.80. The molecule has 2 unspecified atom stereocenters. The summed E-state index contributed by atoms with van der Waals surface area (Å²) in [6.07, 6.45) is -0.108. The van der Waals surface area contributed by atoms with E-state index in [4.69, 9.17) is 4.74 Å².